The Kier molecular flexibility index (Phi) is 5.29. The standard InChI is InChI=1S/C9H16/c1-4-6-8-9(3)7-5-2/h4,6,8H,5,7H2,1-3H3/b6-4-,9-8+. The maximum absolute atomic E-state index is 2.20. The summed E-state index contributed by atoms with van der Waals surface area (Å²) in [5.74, 6) is 0. The summed E-state index contributed by atoms with van der Waals surface area (Å²) in [5, 5.41) is 0. The van der Waals surface area contributed by atoms with E-state index in [1.165, 1.54) is 18.4 Å². The molecule has 0 heterocycles. The quantitative estimate of drug-likeness (QED) is 0.506. The minimum absolute atomic E-state index is 1.23. The van der Waals surface area contributed by atoms with E-state index in [1.807, 2.05) is 6.92 Å². The van der Waals surface area contributed by atoms with Crippen molar-refractivity contribution in [2.75, 3.05) is 0 Å². The third kappa shape index (κ3) is 5.35. The predicted molar refractivity (Wildman–Crippen MR) is 43.5 cm³/mol. The normalized spacial score (nSPS) is 13.0. The fourth-order valence-corrected chi connectivity index (χ4v) is 0.738. The summed E-state index contributed by atoms with van der Waals surface area (Å²) < 4.78 is 0. The molecule has 0 aromatic heterocycles. The molecule has 52 valence electrons. The van der Waals surface area contributed by atoms with E-state index in [9.17, 15) is 0 Å². The number of rotatable bonds is 3. The smallest absolute Gasteiger partial charge is 0.0323 e. The molecule has 9 heavy (non-hydrogen) atoms. The minimum atomic E-state index is 1.23. The van der Waals surface area contributed by atoms with Crippen LogP contribution in [0.25, 0.3) is 0 Å². The Labute approximate surface area is 58.3 Å². The lowest BCUT2D eigenvalue weighted by molar-refractivity contribution is 0.906. The van der Waals surface area contributed by atoms with E-state index >= 15 is 0 Å². The summed E-state index contributed by atoms with van der Waals surface area (Å²) in [6.45, 7) is 6.41. The van der Waals surface area contributed by atoms with Crippen molar-refractivity contribution in [3.8, 4) is 0 Å². The molecule has 0 fully saturated rings. The van der Waals surface area contributed by atoms with Gasteiger partial charge in [-0.1, -0.05) is 37.1 Å². The predicted octanol–water partition coefficient (Wildman–Crippen LogP) is 3.31. The van der Waals surface area contributed by atoms with E-state index in [0.717, 1.165) is 0 Å². The second kappa shape index (κ2) is 5.61. The van der Waals surface area contributed by atoms with E-state index in [0.29, 0.717) is 0 Å². The van der Waals surface area contributed by atoms with Crippen LogP contribution in [-0.2, 0) is 0 Å². The van der Waals surface area contributed by atoms with Crippen LogP contribution in [0.2, 0.25) is 0 Å². The molecule has 0 heteroatoms. The van der Waals surface area contributed by atoms with Gasteiger partial charge in [0.25, 0.3) is 0 Å². The average molecular weight is 124 g/mol. The lowest BCUT2D eigenvalue weighted by Gasteiger charge is -1.92. The van der Waals surface area contributed by atoms with Crippen molar-refractivity contribution >= 4 is 0 Å². The summed E-state index contributed by atoms with van der Waals surface area (Å²) in [7, 11) is 0. The van der Waals surface area contributed by atoms with E-state index in [2.05, 4.69) is 32.1 Å². The van der Waals surface area contributed by atoms with Gasteiger partial charge in [-0.2, -0.15) is 0 Å². The van der Waals surface area contributed by atoms with Crippen LogP contribution in [0, 0.1) is 0 Å². The van der Waals surface area contributed by atoms with Gasteiger partial charge in [0.1, 0.15) is 0 Å². The van der Waals surface area contributed by atoms with Gasteiger partial charge in [0.05, 0.1) is 0 Å². The Morgan fingerprint density at radius 2 is 2.11 bits per heavy atom. The van der Waals surface area contributed by atoms with Gasteiger partial charge in [0.2, 0.25) is 0 Å². The zero-order valence-electron chi connectivity index (χ0n) is 6.65. The molecule has 0 rings (SSSR count). The molecule has 0 atom stereocenters. The third-order valence-corrected chi connectivity index (χ3v) is 1.22. The molecule has 0 bridgehead atoms. The van der Waals surface area contributed by atoms with Gasteiger partial charge in [0, 0.05) is 0 Å². The van der Waals surface area contributed by atoms with Crippen LogP contribution < -0.4 is 0 Å². The van der Waals surface area contributed by atoms with E-state index in [-0.39, 0.29) is 0 Å². The molecule has 0 spiro atoms. The van der Waals surface area contributed by atoms with Gasteiger partial charge in [-0.05, 0) is 20.3 Å². The van der Waals surface area contributed by atoms with Crippen molar-refractivity contribution in [3.63, 3.8) is 0 Å². The molecular weight excluding hydrogens is 108 g/mol. The van der Waals surface area contributed by atoms with Crippen LogP contribution in [-0.4, -0.2) is 0 Å². The van der Waals surface area contributed by atoms with Gasteiger partial charge in [-0.25, -0.2) is 0 Å². The zero-order valence-corrected chi connectivity index (χ0v) is 6.65. The van der Waals surface area contributed by atoms with Crippen LogP contribution in [0.3, 0.4) is 0 Å². The van der Waals surface area contributed by atoms with Gasteiger partial charge in [-0.3, -0.25) is 0 Å². The minimum Gasteiger partial charge on any atom is -0.0877 e. The molecular formula is C9H16. The fraction of sp³-hybridized carbons (Fsp3) is 0.556. The highest BCUT2D eigenvalue weighted by atomic mass is 13.9. The highest BCUT2D eigenvalue weighted by molar-refractivity contribution is 5.09. The first-order chi connectivity index (χ1) is 4.31. The summed E-state index contributed by atoms with van der Waals surface area (Å²) in [5.41, 5.74) is 1.47. The number of hydrogen-bond donors (Lipinski definition) is 0. The summed E-state index contributed by atoms with van der Waals surface area (Å²) in [4.78, 5) is 0. The highest BCUT2D eigenvalue weighted by Gasteiger charge is 1.81. The first kappa shape index (κ1) is 8.48. The van der Waals surface area contributed by atoms with Crippen LogP contribution in [0.1, 0.15) is 33.6 Å². The van der Waals surface area contributed by atoms with Crippen LogP contribution in [0.5, 0.6) is 0 Å². The third-order valence-electron chi connectivity index (χ3n) is 1.22. The molecule has 0 amide bonds. The van der Waals surface area contributed by atoms with E-state index in [1.54, 1.807) is 0 Å². The van der Waals surface area contributed by atoms with Crippen LogP contribution >= 0.6 is 0 Å². The Hall–Kier alpha value is -0.520. The molecule has 0 aromatic rings. The molecule has 0 aliphatic rings. The lowest BCUT2D eigenvalue weighted by atomic mass is 10.2. The largest absolute Gasteiger partial charge is 0.0877 e. The molecule has 0 unspecified atom stereocenters. The highest BCUT2D eigenvalue weighted by Crippen LogP contribution is 2.02. The Balaban J connectivity index is 3.55. The Bertz CT molecular complexity index is 107. The van der Waals surface area contributed by atoms with Crippen molar-refractivity contribution in [1.29, 1.82) is 0 Å². The second-order valence-corrected chi connectivity index (χ2v) is 2.29. The SMILES string of the molecule is C/C=C\C=C(/C)CCC. The average Bonchev–Trinajstić information content (AvgIpc) is 1.85. The Morgan fingerprint density at radius 3 is 2.56 bits per heavy atom. The van der Waals surface area contributed by atoms with E-state index in [4.69, 9.17) is 0 Å². The van der Waals surface area contributed by atoms with Crippen LogP contribution in [0.4, 0.5) is 0 Å². The molecule has 0 nitrogen and oxygen atoms in total. The molecule has 0 saturated carbocycles. The van der Waals surface area contributed by atoms with Gasteiger partial charge >= 0.3 is 0 Å². The van der Waals surface area contributed by atoms with Gasteiger partial charge in [0.15, 0.2) is 0 Å². The van der Waals surface area contributed by atoms with Crippen molar-refractivity contribution in [2.45, 2.75) is 33.6 Å². The summed E-state index contributed by atoms with van der Waals surface area (Å²) in [6.07, 6.45) is 8.79. The Morgan fingerprint density at radius 1 is 1.44 bits per heavy atom. The first-order valence-corrected chi connectivity index (χ1v) is 3.59. The topological polar surface area (TPSA) is 0 Å². The maximum atomic E-state index is 2.20. The van der Waals surface area contributed by atoms with Crippen molar-refractivity contribution in [3.05, 3.63) is 23.8 Å². The van der Waals surface area contributed by atoms with Crippen molar-refractivity contribution < 1.29 is 0 Å². The molecule has 0 aromatic carbocycles. The fourth-order valence-electron chi connectivity index (χ4n) is 0.738. The molecule has 0 aliphatic heterocycles. The van der Waals surface area contributed by atoms with Crippen molar-refractivity contribution in [1.82, 2.24) is 0 Å². The summed E-state index contributed by atoms with van der Waals surface area (Å²) >= 11 is 0. The van der Waals surface area contributed by atoms with Gasteiger partial charge in [-0.15, -0.1) is 0 Å². The van der Waals surface area contributed by atoms with E-state index < -0.39 is 0 Å². The molecule has 0 radical (unpaired) electrons. The first-order valence-electron chi connectivity index (χ1n) is 3.59. The maximum Gasteiger partial charge on any atom is -0.0323 e. The van der Waals surface area contributed by atoms with Gasteiger partial charge < -0.3 is 0 Å². The van der Waals surface area contributed by atoms with Crippen molar-refractivity contribution in [2.24, 2.45) is 0 Å². The molecule has 0 N–H and O–H groups in total. The summed E-state index contributed by atoms with van der Waals surface area (Å²) in [6, 6.07) is 0. The number of hydrogen-bond acceptors (Lipinski definition) is 0. The molecule has 0 aliphatic carbocycles. The zero-order chi connectivity index (χ0) is 7.11. The molecule has 0 saturated heterocycles. The lowest BCUT2D eigenvalue weighted by Crippen LogP contribution is -1.71. The van der Waals surface area contributed by atoms with Crippen LogP contribution in [0.15, 0.2) is 23.8 Å². The second-order valence-electron chi connectivity index (χ2n) is 2.29. The number of allylic oxidation sites excluding steroid dienone is 4. The monoisotopic (exact) mass is 124 g/mol.